The number of benzene rings is 1. The van der Waals surface area contributed by atoms with Crippen molar-refractivity contribution in [3.05, 3.63) is 55.2 Å². The van der Waals surface area contributed by atoms with Gasteiger partial charge >= 0.3 is 0 Å². The second kappa shape index (κ2) is 5.31. The Bertz CT molecular complexity index is 528. The second-order valence-corrected chi connectivity index (χ2v) is 7.18. The molecule has 1 heterocycles. The number of halogens is 3. The lowest BCUT2D eigenvalue weighted by Crippen LogP contribution is -1.92. The van der Waals surface area contributed by atoms with Crippen LogP contribution in [0.15, 0.2) is 24.3 Å². The normalized spacial score (nSPS) is 12.8. The summed E-state index contributed by atoms with van der Waals surface area (Å²) in [6.45, 7) is 4.25. The molecule has 1 atom stereocenters. The zero-order chi connectivity index (χ0) is 12.6. The molecular weight excluding hydrogens is 339 g/mol. The quantitative estimate of drug-likeness (QED) is 0.570. The van der Waals surface area contributed by atoms with E-state index in [2.05, 4.69) is 35.8 Å². The maximum absolute atomic E-state index is 6.02. The molecule has 0 aliphatic heterocycles. The summed E-state index contributed by atoms with van der Waals surface area (Å²) in [6.07, 6.45) is 0. The van der Waals surface area contributed by atoms with E-state index in [1.165, 1.54) is 15.3 Å². The van der Waals surface area contributed by atoms with Crippen LogP contribution in [-0.2, 0) is 0 Å². The third-order valence-electron chi connectivity index (χ3n) is 2.53. The third-order valence-corrected chi connectivity index (χ3v) is 4.97. The zero-order valence-corrected chi connectivity index (χ0v) is 13.3. The van der Waals surface area contributed by atoms with Gasteiger partial charge in [-0.05, 0) is 49.2 Å². The molecule has 0 saturated heterocycles. The Kier molecular flexibility index (Phi) is 4.19. The summed E-state index contributed by atoms with van der Waals surface area (Å²) in [5.41, 5.74) is 2.37. The summed E-state index contributed by atoms with van der Waals surface area (Å²) >= 11 is 17.6. The average molecular weight is 350 g/mol. The highest BCUT2D eigenvalue weighted by Crippen LogP contribution is 2.38. The van der Waals surface area contributed by atoms with Gasteiger partial charge in [0.1, 0.15) is 0 Å². The lowest BCUT2D eigenvalue weighted by Gasteiger charge is -2.11. The Morgan fingerprint density at radius 2 is 1.65 bits per heavy atom. The molecule has 1 aromatic carbocycles. The molecule has 90 valence electrons. The van der Waals surface area contributed by atoms with E-state index in [1.807, 2.05) is 12.1 Å². The van der Waals surface area contributed by atoms with Crippen molar-refractivity contribution in [3.8, 4) is 0 Å². The standard InChI is InChI=1S/C13H11BrCl2S/c1-7-3-12(8(2)17-7)13(14)9-4-10(15)6-11(16)5-9/h3-6,13H,1-2H3. The molecule has 0 nitrogen and oxygen atoms in total. The summed E-state index contributed by atoms with van der Waals surface area (Å²) < 4.78 is 0. The number of aryl methyl sites for hydroxylation is 2. The minimum absolute atomic E-state index is 0.142. The number of rotatable bonds is 2. The first-order valence-electron chi connectivity index (χ1n) is 5.14. The van der Waals surface area contributed by atoms with Gasteiger partial charge in [0, 0.05) is 19.8 Å². The third kappa shape index (κ3) is 3.05. The lowest BCUT2D eigenvalue weighted by molar-refractivity contribution is 1.17. The van der Waals surface area contributed by atoms with Crippen LogP contribution < -0.4 is 0 Å². The smallest absolute Gasteiger partial charge is 0.0656 e. The fraction of sp³-hybridized carbons (Fsp3) is 0.231. The van der Waals surface area contributed by atoms with E-state index in [0.717, 1.165) is 5.56 Å². The molecule has 0 saturated carbocycles. The van der Waals surface area contributed by atoms with Crippen LogP contribution in [0.5, 0.6) is 0 Å². The Morgan fingerprint density at radius 3 is 2.12 bits per heavy atom. The Labute approximate surface area is 124 Å². The van der Waals surface area contributed by atoms with Gasteiger partial charge in [0.05, 0.1) is 4.83 Å². The van der Waals surface area contributed by atoms with Crippen molar-refractivity contribution in [2.45, 2.75) is 18.7 Å². The van der Waals surface area contributed by atoms with E-state index in [-0.39, 0.29) is 4.83 Å². The first kappa shape index (κ1) is 13.4. The van der Waals surface area contributed by atoms with Crippen molar-refractivity contribution < 1.29 is 0 Å². The molecule has 17 heavy (non-hydrogen) atoms. The molecule has 4 heteroatoms. The highest BCUT2D eigenvalue weighted by molar-refractivity contribution is 9.09. The van der Waals surface area contributed by atoms with E-state index in [4.69, 9.17) is 23.2 Å². The predicted molar refractivity (Wildman–Crippen MR) is 81.0 cm³/mol. The molecule has 0 aliphatic rings. The highest BCUT2D eigenvalue weighted by Gasteiger charge is 2.15. The summed E-state index contributed by atoms with van der Waals surface area (Å²) in [4.78, 5) is 2.78. The van der Waals surface area contributed by atoms with Gasteiger partial charge in [-0.3, -0.25) is 0 Å². The van der Waals surface area contributed by atoms with Gasteiger partial charge in [0.25, 0.3) is 0 Å². The molecule has 0 spiro atoms. The first-order chi connectivity index (χ1) is 7.97. The van der Waals surface area contributed by atoms with E-state index in [9.17, 15) is 0 Å². The Balaban J connectivity index is 2.43. The molecule has 0 radical (unpaired) electrons. The Morgan fingerprint density at radius 1 is 1.06 bits per heavy atom. The van der Waals surface area contributed by atoms with Crippen molar-refractivity contribution in [2.24, 2.45) is 0 Å². The zero-order valence-electron chi connectivity index (χ0n) is 9.43. The van der Waals surface area contributed by atoms with Crippen LogP contribution >= 0.6 is 50.5 Å². The molecule has 0 amide bonds. The SMILES string of the molecule is Cc1cc(C(Br)c2cc(Cl)cc(Cl)c2)c(C)s1. The Hall–Kier alpha value is -0.0200. The first-order valence-corrected chi connectivity index (χ1v) is 7.63. The van der Waals surface area contributed by atoms with E-state index >= 15 is 0 Å². The fourth-order valence-electron chi connectivity index (χ4n) is 1.80. The van der Waals surface area contributed by atoms with E-state index in [1.54, 1.807) is 17.4 Å². The highest BCUT2D eigenvalue weighted by atomic mass is 79.9. The molecule has 0 fully saturated rings. The fourth-order valence-corrected chi connectivity index (χ4v) is 4.20. The van der Waals surface area contributed by atoms with Crippen LogP contribution in [0, 0.1) is 13.8 Å². The number of hydrogen-bond acceptors (Lipinski definition) is 1. The largest absolute Gasteiger partial charge is 0.146 e. The molecule has 1 aromatic heterocycles. The van der Waals surface area contributed by atoms with Crippen molar-refractivity contribution in [3.63, 3.8) is 0 Å². The van der Waals surface area contributed by atoms with Gasteiger partial charge in [-0.2, -0.15) is 0 Å². The van der Waals surface area contributed by atoms with E-state index < -0.39 is 0 Å². The molecule has 1 unspecified atom stereocenters. The van der Waals surface area contributed by atoms with Gasteiger partial charge in [-0.15, -0.1) is 11.3 Å². The monoisotopic (exact) mass is 348 g/mol. The van der Waals surface area contributed by atoms with Crippen LogP contribution in [0.4, 0.5) is 0 Å². The van der Waals surface area contributed by atoms with Gasteiger partial charge in [0.2, 0.25) is 0 Å². The van der Waals surface area contributed by atoms with Crippen LogP contribution in [0.3, 0.4) is 0 Å². The van der Waals surface area contributed by atoms with Crippen molar-refractivity contribution in [1.29, 1.82) is 0 Å². The number of hydrogen-bond donors (Lipinski definition) is 0. The average Bonchev–Trinajstić information content (AvgIpc) is 2.55. The van der Waals surface area contributed by atoms with Crippen LogP contribution in [0.1, 0.15) is 25.7 Å². The van der Waals surface area contributed by atoms with Crippen molar-refractivity contribution in [2.75, 3.05) is 0 Å². The predicted octanol–water partition coefficient (Wildman–Crippen LogP) is 6.16. The summed E-state index contributed by atoms with van der Waals surface area (Å²) in [7, 11) is 0. The number of thiophene rings is 1. The molecule has 0 bridgehead atoms. The lowest BCUT2D eigenvalue weighted by atomic mass is 10.1. The van der Waals surface area contributed by atoms with Crippen LogP contribution in [-0.4, -0.2) is 0 Å². The van der Waals surface area contributed by atoms with Gasteiger partial charge < -0.3 is 0 Å². The van der Waals surface area contributed by atoms with Gasteiger partial charge in [0.15, 0.2) is 0 Å². The topological polar surface area (TPSA) is 0 Å². The summed E-state index contributed by atoms with van der Waals surface area (Å²) in [5, 5.41) is 1.34. The number of alkyl halides is 1. The van der Waals surface area contributed by atoms with Crippen molar-refractivity contribution in [1.82, 2.24) is 0 Å². The maximum atomic E-state index is 6.02. The van der Waals surface area contributed by atoms with Gasteiger partial charge in [-0.25, -0.2) is 0 Å². The minimum Gasteiger partial charge on any atom is -0.146 e. The maximum Gasteiger partial charge on any atom is 0.0656 e. The summed E-state index contributed by atoms with van der Waals surface area (Å²) in [6, 6.07) is 7.84. The summed E-state index contributed by atoms with van der Waals surface area (Å²) in [5.74, 6) is 0. The van der Waals surface area contributed by atoms with Crippen molar-refractivity contribution >= 4 is 50.5 Å². The molecular formula is C13H11BrCl2S. The molecule has 2 rings (SSSR count). The minimum atomic E-state index is 0.142. The van der Waals surface area contributed by atoms with Crippen LogP contribution in [0.25, 0.3) is 0 Å². The molecule has 0 aliphatic carbocycles. The van der Waals surface area contributed by atoms with E-state index in [0.29, 0.717) is 10.0 Å². The van der Waals surface area contributed by atoms with Gasteiger partial charge in [-0.1, -0.05) is 39.1 Å². The molecule has 0 N–H and O–H groups in total. The van der Waals surface area contributed by atoms with Crippen LogP contribution in [0.2, 0.25) is 10.0 Å². The second-order valence-electron chi connectivity index (χ2n) is 3.93. The molecule has 2 aromatic rings.